The Morgan fingerprint density at radius 2 is 1.82 bits per heavy atom. The fraction of sp³-hybridized carbons (Fsp3) is 0.0588. The summed E-state index contributed by atoms with van der Waals surface area (Å²) in [6.45, 7) is 0. The van der Waals surface area contributed by atoms with E-state index in [0.717, 1.165) is 5.56 Å². The second-order valence-electron chi connectivity index (χ2n) is 4.82. The number of nitrogens with zero attached hydrogens (tertiary/aromatic N) is 2. The van der Waals surface area contributed by atoms with E-state index in [0.29, 0.717) is 10.7 Å². The molecule has 22 heavy (non-hydrogen) atoms. The molecule has 0 aliphatic heterocycles. The van der Waals surface area contributed by atoms with E-state index in [4.69, 9.17) is 11.6 Å². The molecular formula is C17H14ClN3O. The molecule has 1 N–H and O–H groups in total. The number of amides is 1. The number of benzene rings is 2. The average Bonchev–Trinajstić information content (AvgIpc) is 3.05. The molecule has 0 saturated carbocycles. The van der Waals surface area contributed by atoms with Gasteiger partial charge in [0.15, 0.2) is 0 Å². The first-order valence-corrected chi connectivity index (χ1v) is 7.20. The van der Waals surface area contributed by atoms with Gasteiger partial charge in [-0.15, -0.1) is 0 Å². The summed E-state index contributed by atoms with van der Waals surface area (Å²) < 4.78 is 1.78. The van der Waals surface area contributed by atoms with E-state index >= 15 is 0 Å². The third kappa shape index (κ3) is 3.18. The lowest BCUT2D eigenvalue weighted by Gasteiger charge is -2.18. The van der Waals surface area contributed by atoms with Crippen LogP contribution in [0.2, 0.25) is 5.02 Å². The highest BCUT2D eigenvalue weighted by molar-refractivity contribution is 6.30. The van der Waals surface area contributed by atoms with Gasteiger partial charge in [-0.1, -0.05) is 41.9 Å². The third-order valence-corrected chi connectivity index (χ3v) is 3.55. The lowest BCUT2D eigenvalue weighted by Crippen LogP contribution is -2.26. The van der Waals surface area contributed by atoms with Crippen LogP contribution in [-0.2, 0) is 4.79 Å². The lowest BCUT2D eigenvalue weighted by molar-refractivity contribution is -0.118. The van der Waals surface area contributed by atoms with Gasteiger partial charge in [0, 0.05) is 23.1 Å². The molecule has 0 aliphatic carbocycles. The number of aromatic nitrogens is 2. The number of anilines is 1. The number of nitrogens with one attached hydrogen (secondary N) is 1. The Balaban J connectivity index is 1.89. The standard InChI is InChI=1S/C17H14ClN3O/c18-14-6-8-15(9-7-14)20-17(22)16(21-11-10-19-12-21)13-4-2-1-3-5-13/h1-12,16H,(H,20,22). The Hall–Kier alpha value is -2.59. The predicted molar refractivity (Wildman–Crippen MR) is 86.9 cm³/mol. The van der Waals surface area contributed by atoms with E-state index in [2.05, 4.69) is 10.3 Å². The number of carbonyl (C=O) groups is 1. The number of rotatable bonds is 4. The van der Waals surface area contributed by atoms with E-state index < -0.39 is 6.04 Å². The molecule has 1 amide bonds. The zero-order valence-corrected chi connectivity index (χ0v) is 12.4. The Kier molecular flexibility index (Phi) is 4.21. The molecule has 1 heterocycles. The van der Waals surface area contributed by atoms with Crippen LogP contribution in [0.4, 0.5) is 5.69 Å². The van der Waals surface area contributed by atoms with E-state index in [9.17, 15) is 4.79 Å². The highest BCUT2D eigenvalue weighted by atomic mass is 35.5. The topological polar surface area (TPSA) is 46.9 Å². The van der Waals surface area contributed by atoms with Gasteiger partial charge >= 0.3 is 0 Å². The summed E-state index contributed by atoms with van der Waals surface area (Å²) in [4.78, 5) is 16.7. The second kappa shape index (κ2) is 6.45. The number of halogens is 1. The van der Waals surface area contributed by atoms with Crippen molar-refractivity contribution in [3.63, 3.8) is 0 Å². The molecule has 3 rings (SSSR count). The first-order valence-electron chi connectivity index (χ1n) is 6.83. The van der Waals surface area contributed by atoms with Crippen molar-refractivity contribution in [1.29, 1.82) is 0 Å². The Bertz CT molecular complexity index is 739. The molecule has 5 heteroatoms. The number of carbonyl (C=O) groups excluding carboxylic acids is 1. The van der Waals surface area contributed by atoms with Crippen LogP contribution in [0.1, 0.15) is 11.6 Å². The lowest BCUT2D eigenvalue weighted by atomic mass is 10.1. The van der Waals surface area contributed by atoms with Crippen molar-refractivity contribution in [1.82, 2.24) is 9.55 Å². The summed E-state index contributed by atoms with van der Waals surface area (Å²) in [5.74, 6) is -0.133. The van der Waals surface area contributed by atoms with Crippen LogP contribution in [0.5, 0.6) is 0 Å². The molecule has 4 nitrogen and oxygen atoms in total. The number of hydrogen-bond donors (Lipinski definition) is 1. The maximum atomic E-state index is 12.7. The van der Waals surface area contributed by atoms with Crippen LogP contribution < -0.4 is 5.32 Å². The zero-order valence-electron chi connectivity index (χ0n) is 11.7. The maximum absolute atomic E-state index is 12.7. The normalized spacial score (nSPS) is 11.9. The van der Waals surface area contributed by atoms with Crippen LogP contribution in [0.15, 0.2) is 73.3 Å². The van der Waals surface area contributed by atoms with Crippen molar-refractivity contribution in [2.24, 2.45) is 0 Å². The molecule has 3 aromatic rings. The summed E-state index contributed by atoms with van der Waals surface area (Å²) in [5, 5.41) is 3.54. The molecule has 0 radical (unpaired) electrons. The van der Waals surface area contributed by atoms with Crippen molar-refractivity contribution in [3.05, 3.63) is 83.9 Å². The Labute approximate surface area is 133 Å². The molecule has 1 aromatic heterocycles. The molecule has 0 bridgehead atoms. The van der Waals surface area contributed by atoms with Gasteiger partial charge in [0.05, 0.1) is 6.33 Å². The summed E-state index contributed by atoms with van der Waals surface area (Å²) in [6, 6.07) is 16.1. The van der Waals surface area contributed by atoms with Crippen molar-refractivity contribution in [3.8, 4) is 0 Å². The number of hydrogen-bond acceptors (Lipinski definition) is 2. The average molecular weight is 312 g/mol. The zero-order chi connectivity index (χ0) is 15.4. The van der Waals surface area contributed by atoms with Gasteiger partial charge in [-0.05, 0) is 29.8 Å². The molecule has 1 unspecified atom stereocenters. The molecule has 0 fully saturated rings. The molecule has 0 aliphatic rings. The number of imidazole rings is 1. The Morgan fingerprint density at radius 3 is 2.45 bits per heavy atom. The van der Waals surface area contributed by atoms with Crippen LogP contribution >= 0.6 is 11.6 Å². The van der Waals surface area contributed by atoms with Gasteiger partial charge in [0.2, 0.25) is 0 Å². The van der Waals surface area contributed by atoms with E-state index in [1.54, 1.807) is 47.6 Å². The van der Waals surface area contributed by atoms with Crippen LogP contribution in [0.3, 0.4) is 0 Å². The minimum atomic E-state index is -0.473. The Morgan fingerprint density at radius 1 is 1.09 bits per heavy atom. The largest absolute Gasteiger partial charge is 0.324 e. The fourth-order valence-electron chi connectivity index (χ4n) is 2.26. The van der Waals surface area contributed by atoms with Crippen molar-refractivity contribution in [2.45, 2.75) is 6.04 Å². The molecular weight excluding hydrogens is 298 g/mol. The van der Waals surface area contributed by atoms with E-state index in [1.807, 2.05) is 30.3 Å². The monoisotopic (exact) mass is 311 g/mol. The summed E-state index contributed by atoms with van der Waals surface area (Å²) in [7, 11) is 0. The van der Waals surface area contributed by atoms with Crippen molar-refractivity contribution < 1.29 is 4.79 Å². The third-order valence-electron chi connectivity index (χ3n) is 3.30. The highest BCUT2D eigenvalue weighted by Gasteiger charge is 2.22. The predicted octanol–water partition coefficient (Wildman–Crippen LogP) is 3.76. The fourth-order valence-corrected chi connectivity index (χ4v) is 2.39. The minimum Gasteiger partial charge on any atom is -0.324 e. The summed E-state index contributed by atoms with van der Waals surface area (Å²) in [5.41, 5.74) is 1.60. The van der Waals surface area contributed by atoms with E-state index in [1.165, 1.54) is 0 Å². The minimum absolute atomic E-state index is 0.133. The van der Waals surface area contributed by atoms with Crippen molar-refractivity contribution in [2.75, 3.05) is 5.32 Å². The first-order chi connectivity index (χ1) is 10.7. The smallest absolute Gasteiger partial charge is 0.252 e. The molecule has 2 aromatic carbocycles. The van der Waals surface area contributed by atoms with Crippen LogP contribution in [0, 0.1) is 0 Å². The summed E-state index contributed by atoms with van der Waals surface area (Å²) >= 11 is 5.86. The first kappa shape index (κ1) is 14.4. The van der Waals surface area contributed by atoms with Crippen molar-refractivity contribution >= 4 is 23.2 Å². The van der Waals surface area contributed by atoms with Gasteiger partial charge in [-0.3, -0.25) is 4.79 Å². The van der Waals surface area contributed by atoms with Gasteiger partial charge in [0.25, 0.3) is 5.91 Å². The summed E-state index contributed by atoms with van der Waals surface area (Å²) in [6.07, 6.45) is 5.07. The van der Waals surface area contributed by atoms with Gasteiger partial charge < -0.3 is 9.88 Å². The second-order valence-corrected chi connectivity index (χ2v) is 5.26. The highest BCUT2D eigenvalue weighted by Crippen LogP contribution is 2.21. The maximum Gasteiger partial charge on any atom is 0.252 e. The van der Waals surface area contributed by atoms with Crippen LogP contribution in [0.25, 0.3) is 0 Å². The van der Waals surface area contributed by atoms with Gasteiger partial charge in [0.1, 0.15) is 6.04 Å². The molecule has 110 valence electrons. The quantitative estimate of drug-likeness (QED) is 0.797. The van der Waals surface area contributed by atoms with Crippen LogP contribution in [-0.4, -0.2) is 15.5 Å². The van der Waals surface area contributed by atoms with E-state index in [-0.39, 0.29) is 5.91 Å². The molecule has 0 spiro atoms. The molecule has 0 saturated heterocycles. The van der Waals surface area contributed by atoms with Gasteiger partial charge in [-0.2, -0.15) is 0 Å². The van der Waals surface area contributed by atoms with Gasteiger partial charge in [-0.25, -0.2) is 4.98 Å². The molecule has 1 atom stereocenters. The SMILES string of the molecule is O=C(Nc1ccc(Cl)cc1)C(c1ccccc1)n1ccnc1.